The molecule has 0 heterocycles. The molecule has 0 aromatic heterocycles. The number of hydrogen-bond acceptors (Lipinski definition) is 2. The van der Waals surface area contributed by atoms with Gasteiger partial charge >= 0.3 is 0 Å². The highest BCUT2D eigenvalue weighted by molar-refractivity contribution is 4.99. The topological polar surface area (TPSA) is 38.0 Å². The third-order valence-electron chi connectivity index (χ3n) is 2.52. The van der Waals surface area contributed by atoms with Crippen LogP contribution in [0.2, 0.25) is 0 Å². The zero-order chi connectivity index (χ0) is 8.48. The lowest BCUT2D eigenvalue weighted by molar-refractivity contribution is 0.294. The van der Waals surface area contributed by atoms with Crippen LogP contribution in [0.4, 0.5) is 0 Å². The molecule has 0 aliphatic heterocycles. The van der Waals surface area contributed by atoms with E-state index in [2.05, 4.69) is 26.1 Å². The fourth-order valence-corrected chi connectivity index (χ4v) is 1.72. The van der Waals surface area contributed by atoms with Crippen LogP contribution in [0, 0.1) is 5.92 Å². The van der Waals surface area contributed by atoms with Gasteiger partial charge in [0.1, 0.15) is 0 Å². The molecular formula is C9H20N2. The van der Waals surface area contributed by atoms with Gasteiger partial charge in [-0.3, -0.25) is 0 Å². The van der Waals surface area contributed by atoms with Gasteiger partial charge in [0.2, 0.25) is 0 Å². The fraction of sp³-hybridized carbons (Fsp3) is 1.00. The quantitative estimate of drug-likeness (QED) is 0.640. The van der Waals surface area contributed by atoms with Crippen molar-refractivity contribution in [3.8, 4) is 0 Å². The Morgan fingerprint density at radius 2 is 2.09 bits per heavy atom. The molecule has 3 N–H and O–H groups in total. The van der Waals surface area contributed by atoms with Crippen LogP contribution in [0.5, 0.6) is 0 Å². The van der Waals surface area contributed by atoms with Crippen molar-refractivity contribution in [2.24, 2.45) is 11.7 Å². The van der Waals surface area contributed by atoms with Crippen LogP contribution >= 0.6 is 0 Å². The van der Waals surface area contributed by atoms with Gasteiger partial charge in [0.25, 0.3) is 0 Å². The van der Waals surface area contributed by atoms with E-state index in [0.29, 0.717) is 6.04 Å². The van der Waals surface area contributed by atoms with E-state index in [1.807, 2.05) is 0 Å². The number of nitrogens with one attached hydrogen (secondary N) is 1. The molecule has 1 fully saturated rings. The molecule has 0 spiro atoms. The zero-order valence-corrected chi connectivity index (χ0v) is 7.85. The molecule has 0 amide bonds. The Morgan fingerprint density at radius 3 is 2.36 bits per heavy atom. The molecule has 2 heteroatoms. The monoisotopic (exact) mass is 156 g/mol. The minimum absolute atomic E-state index is 0.203. The van der Waals surface area contributed by atoms with E-state index < -0.39 is 0 Å². The van der Waals surface area contributed by atoms with Gasteiger partial charge in [-0.05, 0) is 25.7 Å². The van der Waals surface area contributed by atoms with Crippen LogP contribution in [-0.2, 0) is 0 Å². The molecule has 0 bridgehead atoms. The maximum atomic E-state index is 5.73. The third-order valence-corrected chi connectivity index (χ3v) is 2.52. The van der Waals surface area contributed by atoms with E-state index in [4.69, 9.17) is 5.73 Å². The van der Waals surface area contributed by atoms with Crippen molar-refractivity contribution >= 4 is 0 Å². The maximum Gasteiger partial charge on any atom is 0.0306 e. The first-order valence-corrected chi connectivity index (χ1v) is 4.56. The van der Waals surface area contributed by atoms with Crippen molar-refractivity contribution < 1.29 is 0 Å². The van der Waals surface area contributed by atoms with Crippen molar-refractivity contribution in [1.29, 1.82) is 0 Å². The Bertz CT molecular complexity index is 130. The highest BCUT2D eigenvalue weighted by Gasteiger charge is 2.40. The molecule has 0 aromatic carbocycles. The largest absolute Gasteiger partial charge is 0.329 e. The summed E-state index contributed by atoms with van der Waals surface area (Å²) in [5.74, 6) is 0.829. The first-order valence-electron chi connectivity index (χ1n) is 4.56. The molecule has 1 aliphatic rings. The highest BCUT2D eigenvalue weighted by Crippen LogP contribution is 2.39. The van der Waals surface area contributed by atoms with Gasteiger partial charge < -0.3 is 11.1 Å². The minimum atomic E-state index is 0.203. The second-order valence-corrected chi connectivity index (χ2v) is 4.19. The Kier molecular flexibility index (Phi) is 2.55. The van der Waals surface area contributed by atoms with Gasteiger partial charge in [0, 0.05) is 18.1 Å². The highest BCUT2D eigenvalue weighted by atomic mass is 15.0. The first kappa shape index (κ1) is 9.01. The van der Waals surface area contributed by atoms with E-state index in [1.165, 1.54) is 12.8 Å². The summed E-state index contributed by atoms with van der Waals surface area (Å²) in [6.07, 6.45) is 2.71. The summed E-state index contributed by atoms with van der Waals surface area (Å²) < 4.78 is 0. The lowest BCUT2D eigenvalue weighted by Gasteiger charge is -2.31. The molecule has 1 saturated carbocycles. The molecular weight excluding hydrogens is 136 g/mol. The van der Waals surface area contributed by atoms with E-state index >= 15 is 0 Å². The predicted molar refractivity (Wildman–Crippen MR) is 48.5 cm³/mol. The second kappa shape index (κ2) is 3.11. The van der Waals surface area contributed by atoms with Crippen LogP contribution in [0.25, 0.3) is 0 Å². The summed E-state index contributed by atoms with van der Waals surface area (Å²) in [5.41, 5.74) is 5.94. The molecule has 66 valence electrons. The van der Waals surface area contributed by atoms with Crippen LogP contribution < -0.4 is 11.1 Å². The van der Waals surface area contributed by atoms with Crippen molar-refractivity contribution in [3.05, 3.63) is 0 Å². The predicted octanol–water partition coefficient (Wildman–Crippen LogP) is 1.11. The third kappa shape index (κ3) is 2.17. The smallest absolute Gasteiger partial charge is 0.0306 e. The van der Waals surface area contributed by atoms with Gasteiger partial charge in [0.15, 0.2) is 0 Å². The number of hydrogen-bond donors (Lipinski definition) is 2. The standard InChI is InChI=1S/C9H20N2/c1-7(2)11-9(3,6-10)8-4-5-8/h7-8,11H,4-6,10H2,1-3H3. The number of rotatable bonds is 4. The molecule has 1 unspecified atom stereocenters. The van der Waals surface area contributed by atoms with Crippen LogP contribution in [-0.4, -0.2) is 18.1 Å². The van der Waals surface area contributed by atoms with Gasteiger partial charge in [-0.2, -0.15) is 0 Å². The molecule has 1 atom stereocenters. The molecule has 0 aromatic rings. The average Bonchev–Trinajstić information content (AvgIpc) is 2.66. The normalized spacial score (nSPS) is 23.7. The van der Waals surface area contributed by atoms with E-state index in [0.717, 1.165) is 12.5 Å². The SMILES string of the molecule is CC(C)NC(C)(CN)C1CC1. The van der Waals surface area contributed by atoms with Crippen LogP contribution in [0.15, 0.2) is 0 Å². The van der Waals surface area contributed by atoms with Crippen molar-refractivity contribution in [2.75, 3.05) is 6.54 Å². The Hall–Kier alpha value is -0.0800. The van der Waals surface area contributed by atoms with Crippen molar-refractivity contribution in [3.63, 3.8) is 0 Å². The van der Waals surface area contributed by atoms with E-state index in [-0.39, 0.29) is 5.54 Å². The second-order valence-electron chi connectivity index (χ2n) is 4.19. The van der Waals surface area contributed by atoms with Crippen molar-refractivity contribution in [2.45, 2.75) is 45.2 Å². The van der Waals surface area contributed by atoms with Crippen LogP contribution in [0.3, 0.4) is 0 Å². The Labute approximate surface area is 69.5 Å². The molecule has 0 radical (unpaired) electrons. The van der Waals surface area contributed by atoms with E-state index in [9.17, 15) is 0 Å². The molecule has 2 nitrogen and oxygen atoms in total. The summed E-state index contributed by atoms with van der Waals surface area (Å²) in [6.45, 7) is 7.35. The van der Waals surface area contributed by atoms with Gasteiger partial charge in [0.05, 0.1) is 0 Å². The zero-order valence-electron chi connectivity index (χ0n) is 7.85. The van der Waals surface area contributed by atoms with Gasteiger partial charge in [-0.25, -0.2) is 0 Å². The lowest BCUT2D eigenvalue weighted by atomic mass is 9.95. The minimum Gasteiger partial charge on any atom is -0.329 e. The van der Waals surface area contributed by atoms with E-state index in [1.54, 1.807) is 0 Å². The molecule has 1 rings (SSSR count). The maximum absolute atomic E-state index is 5.73. The number of nitrogens with two attached hydrogens (primary N) is 1. The average molecular weight is 156 g/mol. The summed E-state index contributed by atoms with van der Waals surface area (Å²) in [7, 11) is 0. The Balaban J connectivity index is 2.44. The summed E-state index contributed by atoms with van der Waals surface area (Å²) in [6, 6.07) is 0.546. The van der Waals surface area contributed by atoms with Gasteiger partial charge in [-0.15, -0.1) is 0 Å². The lowest BCUT2D eigenvalue weighted by Crippen LogP contribution is -2.53. The molecule has 11 heavy (non-hydrogen) atoms. The summed E-state index contributed by atoms with van der Waals surface area (Å²) >= 11 is 0. The van der Waals surface area contributed by atoms with Crippen LogP contribution in [0.1, 0.15) is 33.6 Å². The van der Waals surface area contributed by atoms with Gasteiger partial charge in [-0.1, -0.05) is 13.8 Å². The van der Waals surface area contributed by atoms with Crippen molar-refractivity contribution in [1.82, 2.24) is 5.32 Å². The Morgan fingerprint density at radius 1 is 1.55 bits per heavy atom. The molecule has 0 saturated heterocycles. The fourth-order valence-electron chi connectivity index (χ4n) is 1.72. The summed E-state index contributed by atoms with van der Waals surface area (Å²) in [5, 5.41) is 3.54. The first-order chi connectivity index (χ1) is 5.08. The summed E-state index contributed by atoms with van der Waals surface area (Å²) in [4.78, 5) is 0. The molecule has 1 aliphatic carbocycles.